The number of piperidine rings is 1. The van der Waals surface area contributed by atoms with E-state index in [-0.39, 0.29) is 31.1 Å². The molecule has 0 bridgehead atoms. The molecule has 0 saturated carbocycles. The molecular formula is C13H13N3O4. The third-order valence-electron chi connectivity index (χ3n) is 3.64. The Morgan fingerprint density at radius 1 is 1.35 bits per heavy atom. The van der Waals surface area contributed by atoms with E-state index in [1.54, 1.807) is 6.07 Å². The third kappa shape index (κ3) is 1.96. The first-order chi connectivity index (χ1) is 9.58. The van der Waals surface area contributed by atoms with E-state index in [9.17, 15) is 19.5 Å². The molecule has 0 spiro atoms. The van der Waals surface area contributed by atoms with Crippen LogP contribution in [0.3, 0.4) is 0 Å². The highest BCUT2D eigenvalue weighted by Crippen LogP contribution is 2.24. The molecule has 2 unspecified atom stereocenters. The highest BCUT2D eigenvalue weighted by Gasteiger charge is 2.41. The van der Waals surface area contributed by atoms with Crippen LogP contribution in [-0.2, 0) is 16.0 Å². The number of hydrogen-bond donors (Lipinski definition) is 2. The summed E-state index contributed by atoms with van der Waals surface area (Å²) in [4.78, 5) is 40.7. The largest absolute Gasteiger partial charge is 0.372 e. The van der Waals surface area contributed by atoms with Gasteiger partial charge >= 0.3 is 0 Å². The van der Waals surface area contributed by atoms with Crippen molar-refractivity contribution in [2.24, 2.45) is 0 Å². The topological polar surface area (TPSA) is 99.6 Å². The van der Waals surface area contributed by atoms with Crippen molar-refractivity contribution in [3.63, 3.8) is 0 Å². The van der Waals surface area contributed by atoms with E-state index in [1.165, 1.54) is 12.4 Å². The van der Waals surface area contributed by atoms with Gasteiger partial charge in [0.2, 0.25) is 11.8 Å². The lowest BCUT2D eigenvalue weighted by molar-refractivity contribution is -0.139. The molecular weight excluding hydrogens is 262 g/mol. The molecule has 7 nitrogen and oxygen atoms in total. The quantitative estimate of drug-likeness (QED) is 0.654. The Morgan fingerprint density at radius 3 is 2.90 bits per heavy atom. The highest BCUT2D eigenvalue weighted by atomic mass is 16.3. The number of aliphatic hydroxyl groups is 1. The first-order valence-corrected chi connectivity index (χ1v) is 6.34. The van der Waals surface area contributed by atoms with E-state index in [1.807, 2.05) is 0 Å². The first kappa shape index (κ1) is 12.7. The molecule has 1 aromatic heterocycles. The van der Waals surface area contributed by atoms with Crippen LogP contribution in [0, 0.1) is 0 Å². The molecule has 20 heavy (non-hydrogen) atoms. The number of fused-ring (bicyclic) bond motifs is 1. The predicted molar refractivity (Wildman–Crippen MR) is 66.3 cm³/mol. The van der Waals surface area contributed by atoms with Gasteiger partial charge in [0.05, 0.1) is 12.5 Å². The average Bonchev–Trinajstić information content (AvgIpc) is 2.41. The minimum absolute atomic E-state index is 0.0755. The molecule has 2 atom stereocenters. The van der Waals surface area contributed by atoms with E-state index >= 15 is 0 Å². The minimum Gasteiger partial charge on any atom is -0.372 e. The molecule has 104 valence electrons. The molecule has 2 aliphatic heterocycles. The predicted octanol–water partition coefficient (Wildman–Crippen LogP) is -0.797. The van der Waals surface area contributed by atoms with Crippen LogP contribution in [-0.4, -0.2) is 45.0 Å². The molecule has 1 saturated heterocycles. The van der Waals surface area contributed by atoms with E-state index in [4.69, 9.17) is 0 Å². The lowest BCUT2D eigenvalue weighted by atomic mass is 9.95. The van der Waals surface area contributed by atoms with Gasteiger partial charge in [0.1, 0.15) is 6.23 Å². The van der Waals surface area contributed by atoms with Gasteiger partial charge < -0.3 is 10.4 Å². The number of imide groups is 1. The van der Waals surface area contributed by atoms with Crippen LogP contribution in [0.5, 0.6) is 0 Å². The molecule has 2 aliphatic rings. The summed E-state index contributed by atoms with van der Waals surface area (Å²) in [6, 6.07) is 0.847. The van der Waals surface area contributed by atoms with Crippen LogP contribution in [0.25, 0.3) is 0 Å². The number of carbonyl (C=O) groups is 3. The van der Waals surface area contributed by atoms with Crippen LogP contribution in [0.2, 0.25) is 0 Å². The summed E-state index contributed by atoms with van der Waals surface area (Å²) in [5, 5.41) is 12.2. The molecule has 1 fully saturated rings. The maximum Gasteiger partial charge on any atom is 0.261 e. The Hall–Kier alpha value is -2.28. The molecule has 0 aromatic carbocycles. The smallest absolute Gasteiger partial charge is 0.261 e. The summed E-state index contributed by atoms with van der Waals surface area (Å²) < 4.78 is 0. The van der Waals surface area contributed by atoms with Gasteiger partial charge in [-0.15, -0.1) is 0 Å². The van der Waals surface area contributed by atoms with Gasteiger partial charge in [-0.05, 0) is 18.1 Å². The van der Waals surface area contributed by atoms with E-state index < -0.39 is 18.2 Å². The van der Waals surface area contributed by atoms with Gasteiger partial charge in [-0.3, -0.25) is 24.3 Å². The fourth-order valence-corrected chi connectivity index (χ4v) is 2.64. The van der Waals surface area contributed by atoms with Crippen molar-refractivity contribution in [3.05, 3.63) is 29.6 Å². The molecule has 3 amide bonds. The summed E-state index contributed by atoms with van der Waals surface area (Å²) in [6.45, 7) is 0. The van der Waals surface area contributed by atoms with Crippen molar-refractivity contribution in [1.82, 2.24) is 15.2 Å². The fourth-order valence-electron chi connectivity index (χ4n) is 2.64. The molecule has 2 N–H and O–H groups in total. The minimum atomic E-state index is -1.22. The maximum atomic E-state index is 12.4. The van der Waals surface area contributed by atoms with Gasteiger partial charge in [0, 0.05) is 24.4 Å². The van der Waals surface area contributed by atoms with Crippen molar-refractivity contribution in [2.45, 2.75) is 31.5 Å². The number of aliphatic hydroxyl groups excluding tert-OH is 1. The summed E-state index contributed by atoms with van der Waals surface area (Å²) in [6.07, 6.45) is 2.30. The second kappa shape index (κ2) is 4.68. The third-order valence-corrected chi connectivity index (χ3v) is 3.64. The fraction of sp³-hybridized carbons (Fsp3) is 0.385. The van der Waals surface area contributed by atoms with E-state index in [2.05, 4.69) is 10.3 Å². The highest BCUT2D eigenvalue weighted by molar-refractivity contribution is 6.10. The Bertz CT molecular complexity index is 601. The Balaban J connectivity index is 1.93. The Kier molecular flexibility index (Phi) is 2.98. The monoisotopic (exact) mass is 275 g/mol. The molecule has 7 heteroatoms. The second-order valence-electron chi connectivity index (χ2n) is 4.90. The van der Waals surface area contributed by atoms with Gasteiger partial charge in [0.15, 0.2) is 0 Å². The molecule has 3 heterocycles. The van der Waals surface area contributed by atoms with Crippen molar-refractivity contribution in [1.29, 1.82) is 0 Å². The van der Waals surface area contributed by atoms with Crippen LogP contribution >= 0.6 is 0 Å². The maximum absolute atomic E-state index is 12.4. The normalized spacial score (nSPS) is 26.2. The van der Waals surface area contributed by atoms with Crippen molar-refractivity contribution < 1.29 is 19.5 Å². The zero-order valence-corrected chi connectivity index (χ0v) is 10.6. The van der Waals surface area contributed by atoms with Crippen LogP contribution in [0.1, 0.15) is 28.8 Å². The molecule has 1 aromatic rings. The standard InChI is InChI=1S/C13H13N3O4/c17-10-2-1-9(12(19)15-10)16-11(18)5-7-6-14-4-3-8(7)13(16)20/h3-4,6,9,12,19H,1-2,5H2,(H,15,17). The number of pyridine rings is 1. The second-order valence-corrected chi connectivity index (χ2v) is 4.90. The Morgan fingerprint density at radius 2 is 2.15 bits per heavy atom. The summed E-state index contributed by atoms with van der Waals surface area (Å²) in [5.74, 6) is -1.11. The van der Waals surface area contributed by atoms with Gasteiger partial charge in [-0.1, -0.05) is 0 Å². The van der Waals surface area contributed by atoms with E-state index in [0.29, 0.717) is 11.1 Å². The lowest BCUT2D eigenvalue weighted by Crippen LogP contribution is -2.60. The first-order valence-electron chi connectivity index (χ1n) is 6.34. The number of amides is 3. The SMILES string of the molecule is O=C1CCC(N2C(=O)Cc3cnccc3C2=O)C(O)N1. The molecule has 0 aliphatic carbocycles. The van der Waals surface area contributed by atoms with Crippen molar-refractivity contribution in [3.8, 4) is 0 Å². The Labute approximate surface area is 114 Å². The summed E-state index contributed by atoms with van der Waals surface area (Å²) in [5.41, 5.74) is 1.01. The number of nitrogens with zero attached hydrogens (tertiary/aromatic N) is 2. The summed E-state index contributed by atoms with van der Waals surface area (Å²) in [7, 11) is 0. The lowest BCUT2D eigenvalue weighted by Gasteiger charge is -2.38. The molecule has 0 radical (unpaired) electrons. The average molecular weight is 275 g/mol. The van der Waals surface area contributed by atoms with Crippen LogP contribution in [0.15, 0.2) is 18.5 Å². The number of aromatic nitrogens is 1. The van der Waals surface area contributed by atoms with Crippen molar-refractivity contribution >= 4 is 17.7 Å². The number of rotatable bonds is 1. The number of nitrogens with one attached hydrogen (secondary N) is 1. The molecule has 3 rings (SSSR count). The van der Waals surface area contributed by atoms with Gasteiger partial charge in [0.25, 0.3) is 5.91 Å². The summed E-state index contributed by atoms with van der Waals surface area (Å²) >= 11 is 0. The number of carbonyl (C=O) groups excluding carboxylic acids is 3. The van der Waals surface area contributed by atoms with Crippen molar-refractivity contribution in [2.75, 3.05) is 0 Å². The zero-order chi connectivity index (χ0) is 14.3. The zero-order valence-electron chi connectivity index (χ0n) is 10.6. The van der Waals surface area contributed by atoms with E-state index in [0.717, 1.165) is 4.90 Å². The van der Waals surface area contributed by atoms with Crippen LogP contribution in [0.4, 0.5) is 0 Å². The van der Waals surface area contributed by atoms with Crippen LogP contribution < -0.4 is 5.32 Å². The van der Waals surface area contributed by atoms with Gasteiger partial charge in [-0.25, -0.2) is 0 Å². The van der Waals surface area contributed by atoms with Gasteiger partial charge in [-0.2, -0.15) is 0 Å². The number of hydrogen-bond acceptors (Lipinski definition) is 5.